The van der Waals surface area contributed by atoms with Crippen LogP contribution in [0.2, 0.25) is 0 Å². The van der Waals surface area contributed by atoms with Crippen molar-refractivity contribution in [1.29, 1.82) is 0 Å². The Morgan fingerprint density at radius 3 is 2.89 bits per heavy atom. The summed E-state index contributed by atoms with van der Waals surface area (Å²) >= 11 is 0. The topological polar surface area (TPSA) is 118 Å². The zero-order chi connectivity index (χ0) is 24.1. The Morgan fingerprint density at radius 2 is 2.06 bits per heavy atom. The lowest BCUT2D eigenvalue weighted by Crippen LogP contribution is -2.41. The van der Waals surface area contributed by atoms with Crippen molar-refractivity contribution in [1.82, 2.24) is 39.7 Å². The highest BCUT2D eigenvalue weighted by Gasteiger charge is 2.38. The van der Waals surface area contributed by atoms with Crippen LogP contribution >= 0.6 is 0 Å². The summed E-state index contributed by atoms with van der Waals surface area (Å²) in [6.07, 6.45) is 0.588. The fourth-order valence-electron chi connectivity index (χ4n) is 4.22. The summed E-state index contributed by atoms with van der Waals surface area (Å²) in [5.74, 6) is -1.92. The zero-order valence-corrected chi connectivity index (χ0v) is 17.8. The second-order valence-electron chi connectivity index (χ2n) is 7.82. The van der Waals surface area contributed by atoms with Gasteiger partial charge in [0.15, 0.2) is 11.5 Å². The van der Waals surface area contributed by atoms with Gasteiger partial charge in [-0.3, -0.25) is 4.79 Å². The number of amides is 1. The third-order valence-electron chi connectivity index (χ3n) is 5.79. The molecule has 0 saturated heterocycles. The number of fused-ring (bicyclic) bond motifs is 2. The Hall–Kier alpha value is -4.55. The molecule has 0 spiro atoms. The fourth-order valence-corrected chi connectivity index (χ4v) is 4.22. The van der Waals surface area contributed by atoms with Gasteiger partial charge >= 0.3 is 11.8 Å². The highest BCUT2D eigenvalue weighted by atomic mass is 19.3. The predicted octanol–water partition coefficient (Wildman–Crippen LogP) is 3.37. The summed E-state index contributed by atoms with van der Waals surface area (Å²) in [5, 5.41) is 12.0. The number of nitrogens with one attached hydrogen (secondary N) is 1. The van der Waals surface area contributed by atoms with Crippen LogP contribution in [0.3, 0.4) is 0 Å². The van der Waals surface area contributed by atoms with Crippen LogP contribution in [0.15, 0.2) is 53.3 Å². The number of rotatable bonds is 4. The van der Waals surface area contributed by atoms with Crippen molar-refractivity contribution in [2.75, 3.05) is 6.54 Å². The number of hydrogen-bond acceptors (Lipinski definition) is 7. The minimum atomic E-state index is -2.74. The highest BCUT2D eigenvalue weighted by Crippen LogP contribution is 2.35. The van der Waals surface area contributed by atoms with Crippen LogP contribution in [0.1, 0.15) is 45.9 Å². The summed E-state index contributed by atoms with van der Waals surface area (Å²) in [4.78, 5) is 26.2. The van der Waals surface area contributed by atoms with Gasteiger partial charge in [-0.2, -0.15) is 5.10 Å². The second kappa shape index (κ2) is 8.04. The summed E-state index contributed by atoms with van der Waals surface area (Å²) in [6.45, 7) is 0.240. The lowest BCUT2D eigenvalue weighted by molar-refractivity contribution is 0.0646. The van der Waals surface area contributed by atoms with Crippen molar-refractivity contribution < 1.29 is 22.4 Å². The fraction of sp³-hybridized carbons (Fsp3) is 0.182. The van der Waals surface area contributed by atoms with E-state index in [-0.39, 0.29) is 29.7 Å². The van der Waals surface area contributed by atoms with E-state index in [9.17, 15) is 18.0 Å². The van der Waals surface area contributed by atoms with E-state index in [4.69, 9.17) is 4.42 Å². The Bertz CT molecular complexity index is 1560. The van der Waals surface area contributed by atoms with Crippen molar-refractivity contribution in [2.24, 2.45) is 0 Å². The van der Waals surface area contributed by atoms with Crippen LogP contribution < -0.4 is 0 Å². The van der Waals surface area contributed by atoms with Crippen LogP contribution in [-0.4, -0.2) is 52.1 Å². The van der Waals surface area contributed by atoms with Crippen molar-refractivity contribution in [3.63, 3.8) is 0 Å². The van der Waals surface area contributed by atoms with Crippen LogP contribution in [0, 0.1) is 5.82 Å². The molecule has 5 aromatic rings. The van der Waals surface area contributed by atoms with Crippen LogP contribution in [0.25, 0.3) is 17.1 Å². The normalized spacial score (nSPS) is 15.7. The monoisotopic (exact) mass is 480 g/mol. The Balaban J connectivity index is 1.42. The number of carbonyl (C=O) groups excluding carboxylic acids is 1. The number of pyridine rings is 2. The molecule has 0 radical (unpaired) electrons. The number of imidazole rings is 1. The molecule has 1 N–H and O–H groups in total. The number of H-pyrrole nitrogens is 1. The maximum Gasteiger partial charge on any atom is 0.312 e. The van der Waals surface area contributed by atoms with Crippen LogP contribution in [0.4, 0.5) is 13.2 Å². The standard InChI is InChI=1S/C22H15F3N8O2/c23-12-4-2-7-26-16(12)20-29-30-21(35-20)22(34)32-8-6-13-17(28-10-27-13)18(32)14-9-11-3-1-5-15(19(24)25)33(11)31-14/h1-5,7,9-10,18-19H,6,8H2,(H,27,28)/t18-/m0/s1. The smallest absolute Gasteiger partial charge is 0.312 e. The molecule has 35 heavy (non-hydrogen) atoms. The first-order valence-corrected chi connectivity index (χ1v) is 10.6. The number of halogens is 3. The quantitative estimate of drug-likeness (QED) is 0.419. The number of nitrogens with zero attached hydrogens (tertiary/aromatic N) is 7. The minimum Gasteiger partial charge on any atom is -0.411 e. The SMILES string of the molecule is O=C(c1nnc(-c2ncccc2F)o1)N1CCc2[nH]cnc2[C@@H]1c1cc2cccc(C(F)F)n2n1. The predicted molar refractivity (Wildman–Crippen MR) is 113 cm³/mol. The van der Waals surface area contributed by atoms with Gasteiger partial charge in [-0.25, -0.2) is 27.7 Å². The number of aromatic amines is 1. The van der Waals surface area contributed by atoms with E-state index in [2.05, 4.69) is 30.2 Å². The molecule has 0 unspecified atom stereocenters. The van der Waals surface area contributed by atoms with Crippen LogP contribution in [-0.2, 0) is 6.42 Å². The average molecular weight is 480 g/mol. The zero-order valence-electron chi connectivity index (χ0n) is 17.8. The maximum absolute atomic E-state index is 14.1. The van der Waals surface area contributed by atoms with Gasteiger partial charge in [0.1, 0.15) is 11.7 Å². The Kier molecular flexibility index (Phi) is 4.83. The molecular weight excluding hydrogens is 465 g/mol. The first-order chi connectivity index (χ1) is 17.0. The summed E-state index contributed by atoms with van der Waals surface area (Å²) in [5.41, 5.74) is 1.66. The Labute approximate surface area is 194 Å². The van der Waals surface area contributed by atoms with Crippen LogP contribution in [0.5, 0.6) is 0 Å². The molecule has 6 rings (SSSR count). The van der Waals surface area contributed by atoms with E-state index in [1.807, 2.05) is 0 Å². The number of aromatic nitrogens is 7. The molecule has 1 amide bonds. The molecule has 0 saturated carbocycles. The molecule has 13 heteroatoms. The van der Waals surface area contributed by atoms with E-state index >= 15 is 0 Å². The van der Waals surface area contributed by atoms with E-state index in [0.29, 0.717) is 23.3 Å². The Morgan fingerprint density at radius 1 is 1.17 bits per heavy atom. The number of carbonyl (C=O) groups is 1. The lowest BCUT2D eigenvalue weighted by atomic mass is 9.99. The van der Waals surface area contributed by atoms with Crippen molar-refractivity contribution >= 4 is 11.4 Å². The molecule has 0 bridgehead atoms. The van der Waals surface area contributed by atoms with Gasteiger partial charge in [0.25, 0.3) is 12.3 Å². The largest absolute Gasteiger partial charge is 0.411 e. The summed E-state index contributed by atoms with van der Waals surface area (Å²) in [7, 11) is 0. The van der Waals surface area contributed by atoms with Crippen molar-refractivity contribution in [3.05, 3.63) is 83.4 Å². The first kappa shape index (κ1) is 21.0. The third-order valence-corrected chi connectivity index (χ3v) is 5.79. The minimum absolute atomic E-state index is 0.177. The first-order valence-electron chi connectivity index (χ1n) is 10.6. The molecule has 0 aliphatic carbocycles. The molecule has 176 valence electrons. The lowest BCUT2D eigenvalue weighted by Gasteiger charge is -2.32. The molecule has 1 atom stereocenters. The second-order valence-corrected chi connectivity index (χ2v) is 7.82. The van der Waals surface area contributed by atoms with Gasteiger partial charge in [-0.1, -0.05) is 6.07 Å². The maximum atomic E-state index is 14.1. The van der Waals surface area contributed by atoms with Gasteiger partial charge in [0, 0.05) is 24.9 Å². The average Bonchev–Trinajstić information content (AvgIpc) is 3.62. The van der Waals surface area contributed by atoms with Gasteiger partial charge in [0.2, 0.25) is 0 Å². The van der Waals surface area contributed by atoms with Crippen molar-refractivity contribution in [3.8, 4) is 11.6 Å². The number of alkyl halides is 2. The van der Waals surface area contributed by atoms with Gasteiger partial charge in [-0.05, 0) is 30.3 Å². The summed E-state index contributed by atoms with van der Waals surface area (Å²) < 4.78 is 47.8. The molecule has 6 heterocycles. The van der Waals surface area contributed by atoms with Gasteiger partial charge in [-0.15, -0.1) is 10.2 Å². The van der Waals surface area contributed by atoms with Gasteiger partial charge in [0.05, 0.1) is 23.2 Å². The van der Waals surface area contributed by atoms with E-state index in [0.717, 1.165) is 10.2 Å². The molecule has 10 nitrogen and oxygen atoms in total. The van der Waals surface area contributed by atoms with E-state index in [1.54, 1.807) is 12.1 Å². The molecule has 1 aliphatic heterocycles. The van der Waals surface area contributed by atoms with E-state index in [1.165, 1.54) is 41.7 Å². The highest BCUT2D eigenvalue weighted by molar-refractivity contribution is 5.90. The molecular formula is C22H15F3N8O2. The molecule has 1 aliphatic rings. The van der Waals surface area contributed by atoms with E-state index < -0.39 is 24.2 Å². The number of hydrogen-bond donors (Lipinski definition) is 1. The molecule has 0 fully saturated rings. The molecule has 0 aromatic carbocycles. The third kappa shape index (κ3) is 3.43. The van der Waals surface area contributed by atoms with Gasteiger partial charge < -0.3 is 14.3 Å². The van der Waals surface area contributed by atoms with Crippen molar-refractivity contribution in [2.45, 2.75) is 18.9 Å². The molecule has 5 aromatic heterocycles. The summed E-state index contributed by atoms with van der Waals surface area (Å²) in [6, 6.07) is 7.88.